The van der Waals surface area contributed by atoms with Crippen LogP contribution in [0.25, 0.3) is 0 Å². The van der Waals surface area contributed by atoms with Crippen LogP contribution in [0.1, 0.15) is 65.1 Å². The molecule has 2 rings (SSSR count). The zero-order valence-corrected chi connectivity index (χ0v) is 13.9. The minimum absolute atomic E-state index is 0.278. The highest BCUT2D eigenvalue weighted by Crippen LogP contribution is 2.37. The maximum atomic E-state index is 6.15. The van der Waals surface area contributed by atoms with Gasteiger partial charge in [-0.05, 0) is 40.0 Å². The second-order valence-corrected chi connectivity index (χ2v) is 7.57. The molecule has 0 atom stereocenters. The zero-order chi connectivity index (χ0) is 14.4. The van der Waals surface area contributed by atoms with E-state index < -0.39 is 0 Å². The monoisotopic (exact) mass is 281 g/mol. The van der Waals surface area contributed by atoms with Crippen molar-refractivity contribution in [1.82, 2.24) is 4.98 Å². The van der Waals surface area contributed by atoms with E-state index in [2.05, 4.69) is 48.5 Å². The summed E-state index contributed by atoms with van der Waals surface area (Å²) in [6.45, 7) is 14.8. The summed E-state index contributed by atoms with van der Waals surface area (Å²) < 4.78 is 13.4. The first kappa shape index (κ1) is 15.0. The Hall–Kier alpha value is -0.385. The number of hydrogen-bond donors (Lipinski definition) is 0. The number of hydrogen-bond acceptors (Lipinski definition) is 4. The first-order valence-corrected chi connectivity index (χ1v) is 7.84. The third kappa shape index (κ3) is 2.60. The number of nitrogens with zero attached hydrogens (tertiary/aromatic N) is 1. The van der Waals surface area contributed by atoms with Crippen molar-refractivity contribution >= 4 is 23.2 Å². The van der Waals surface area contributed by atoms with Gasteiger partial charge in [-0.15, -0.1) is 11.3 Å². The van der Waals surface area contributed by atoms with E-state index >= 15 is 0 Å². The van der Waals surface area contributed by atoms with Gasteiger partial charge in [0.15, 0.2) is 0 Å². The van der Waals surface area contributed by atoms with Crippen LogP contribution in [-0.2, 0) is 15.7 Å². The molecule has 5 heteroatoms. The average Bonchev–Trinajstić information content (AvgIpc) is 2.78. The smallest absolute Gasteiger partial charge is 0.399 e. The van der Waals surface area contributed by atoms with Crippen LogP contribution >= 0.6 is 11.3 Å². The van der Waals surface area contributed by atoms with Crippen LogP contribution in [0.15, 0.2) is 0 Å². The van der Waals surface area contributed by atoms with Gasteiger partial charge in [0, 0.05) is 0 Å². The number of aromatic nitrogens is 1. The van der Waals surface area contributed by atoms with Gasteiger partial charge < -0.3 is 9.31 Å². The lowest BCUT2D eigenvalue weighted by atomic mass is 9.84. The molecule has 19 heavy (non-hydrogen) atoms. The van der Waals surface area contributed by atoms with E-state index in [9.17, 15) is 0 Å². The molecule has 106 valence electrons. The third-order valence-corrected chi connectivity index (χ3v) is 5.28. The van der Waals surface area contributed by atoms with Crippen molar-refractivity contribution in [2.45, 2.75) is 72.0 Å². The Balaban J connectivity index is 2.36. The maximum absolute atomic E-state index is 6.15. The fraction of sp³-hybridized carbons (Fsp3) is 0.786. The van der Waals surface area contributed by atoms with E-state index in [1.54, 1.807) is 11.3 Å². The molecule has 1 aliphatic rings. The zero-order valence-electron chi connectivity index (χ0n) is 13.0. The predicted molar refractivity (Wildman–Crippen MR) is 81.3 cm³/mol. The summed E-state index contributed by atoms with van der Waals surface area (Å²) in [5.74, 6) is 0.394. The van der Waals surface area contributed by atoms with Crippen LogP contribution in [0.5, 0.6) is 0 Å². The van der Waals surface area contributed by atoms with Crippen molar-refractivity contribution in [3.05, 3.63) is 10.7 Å². The van der Waals surface area contributed by atoms with Gasteiger partial charge in [0.1, 0.15) is 0 Å². The quantitative estimate of drug-likeness (QED) is 0.798. The second-order valence-electron chi connectivity index (χ2n) is 6.45. The molecule has 0 bridgehead atoms. The van der Waals surface area contributed by atoms with Crippen LogP contribution < -0.4 is 4.78 Å². The molecule has 2 heterocycles. The summed E-state index contributed by atoms with van der Waals surface area (Å²) >= 11 is 1.73. The van der Waals surface area contributed by atoms with Gasteiger partial charge >= 0.3 is 7.12 Å². The Morgan fingerprint density at radius 2 is 1.68 bits per heavy atom. The van der Waals surface area contributed by atoms with Crippen molar-refractivity contribution in [2.24, 2.45) is 0 Å². The Morgan fingerprint density at radius 1 is 1.16 bits per heavy atom. The van der Waals surface area contributed by atoms with Gasteiger partial charge in [-0.3, -0.25) is 0 Å². The SMILES string of the molecule is CCc1nc(C(C)C)c(B2OC(C)(C)C(C)(C)O2)s1. The summed E-state index contributed by atoms with van der Waals surface area (Å²) in [4.78, 5) is 4.73. The highest BCUT2D eigenvalue weighted by molar-refractivity contribution is 7.22. The summed E-state index contributed by atoms with van der Waals surface area (Å²) in [5.41, 5.74) is 0.547. The van der Waals surface area contributed by atoms with Gasteiger partial charge in [-0.1, -0.05) is 20.8 Å². The van der Waals surface area contributed by atoms with E-state index in [1.165, 1.54) is 0 Å². The van der Waals surface area contributed by atoms with Crippen LogP contribution in [0.4, 0.5) is 0 Å². The van der Waals surface area contributed by atoms with Gasteiger partial charge in [-0.2, -0.15) is 0 Å². The molecule has 0 aliphatic carbocycles. The summed E-state index contributed by atoms with van der Waals surface area (Å²) in [5, 5.41) is 1.16. The number of rotatable bonds is 3. The normalized spacial score (nSPS) is 21.4. The fourth-order valence-electron chi connectivity index (χ4n) is 2.08. The molecule has 0 spiro atoms. The minimum atomic E-state index is -0.289. The lowest BCUT2D eigenvalue weighted by molar-refractivity contribution is 0.00578. The molecular formula is C14H24BNO2S. The number of aryl methyl sites for hydroxylation is 1. The molecule has 1 fully saturated rings. The highest BCUT2D eigenvalue weighted by Gasteiger charge is 2.53. The fourth-order valence-corrected chi connectivity index (χ4v) is 3.20. The molecule has 1 aliphatic heterocycles. The second kappa shape index (κ2) is 4.87. The van der Waals surface area contributed by atoms with Crippen molar-refractivity contribution in [2.75, 3.05) is 0 Å². The van der Waals surface area contributed by atoms with Crippen molar-refractivity contribution in [3.63, 3.8) is 0 Å². The van der Waals surface area contributed by atoms with E-state index in [0.29, 0.717) is 5.92 Å². The molecule has 0 saturated carbocycles. The summed E-state index contributed by atoms with van der Waals surface area (Å²) in [7, 11) is -0.278. The first-order valence-electron chi connectivity index (χ1n) is 7.03. The molecule has 1 saturated heterocycles. The molecule has 0 aromatic carbocycles. The molecule has 0 N–H and O–H groups in total. The Kier molecular flexibility index (Phi) is 3.84. The third-order valence-electron chi connectivity index (χ3n) is 4.04. The van der Waals surface area contributed by atoms with Gasteiger partial charge in [-0.25, -0.2) is 4.98 Å². The van der Waals surface area contributed by atoms with E-state index in [1.807, 2.05) is 0 Å². The topological polar surface area (TPSA) is 31.4 Å². The molecule has 0 radical (unpaired) electrons. The van der Waals surface area contributed by atoms with Gasteiger partial charge in [0.05, 0.1) is 26.7 Å². The first-order chi connectivity index (χ1) is 8.68. The van der Waals surface area contributed by atoms with E-state index in [0.717, 1.165) is 21.9 Å². The Morgan fingerprint density at radius 3 is 2.11 bits per heavy atom. The Labute approximate surface area is 120 Å². The summed E-state index contributed by atoms with van der Waals surface area (Å²) in [6.07, 6.45) is 0.962. The van der Waals surface area contributed by atoms with Gasteiger partial charge in [0.25, 0.3) is 0 Å². The van der Waals surface area contributed by atoms with Gasteiger partial charge in [0.2, 0.25) is 0 Å². The lowest BCUT2D eigenvalue weighted by Crippen LogP contribution is -2.41. The van der Waals surface area contributed by atoms with Crippen molar-refractivity contribution in [1.29, 1.82) is 0 Å². The molecule has 1 aromatic heterocycles. The molecule has 3 nitrogen and oxygen atoms in total. The maximum Gasteiger partial charge on any atom is 0.507 e. The van der Waals surface area contributed by atoms with Crippen LogP contribution in [0.2, 0.25) is 0 Å². The van der Waals surface area contributed by atoms with E-state index in [4.69, 9.17) is 14.3 Å². The standard InChI is InChI=1S/C14H24BNO2S/c1-8-10-16-11(9(2)3)12(19-10)15-17-13(4,5)14(6,7)18-15/h9H,8H2,1-7H3. The predicted octanol–water partition coefficient (Wildman–Crippen LogP) is 3.13. The highest BCUT2D eigenvalue weighted by atomic mass is 32.1. The molecular weight excluding hydrogens is 257 g/mol. The Bertz CT molecular complexity index is 452. The molecule has 1 aromatic rings. The average molecular weight is 281 g/mol. The van der Waals surface area contributed by atoms with Crippen LogP contribution in [0.3, 0.4) is 0 Å². The molecule has 0 amide bonds. The summed E-state index contributed by atoms with van der Waals surface area (Å²) in [6, 6.07) is 0. The van der Waals surface area contributed by atoms with Crippen molar-refractivity contribution in [3.8, 4) is 0 Å². The molecule has 0 unspecified atom stereocenters. The van der Waals surface area contributed by atoms with Crippen LogP contribution in [-0.4, -0.2) is 23.3 Å². The number of thiazole rings is 1. The van der Waals surface area contributed by atoms with Crippen LogP contribution in [0, 0.1) is 0 Å². The van der Waals surface area contributed by atoms with Crippen molar-refractivity contribution < 1.29 is 9.31 Å². The lowest BCUT2D eigenvalue weighted by Gasteiger charge is -2.32. The largest absolute Gasteiger partial charge is 0.507 e. The van der Waals surface area contributed by atoms with E-state index in [-0.39, 0.29) is 18.3 Å². The minimum Gasteiger partial charge on any atom is -0.399 e.